The van der Waals surface area contributed by atoms with Crippen molar-refractivity contribution < 1.29 is 9.59 Å². The molecule has 0 saturated heterocycles. The lowest BCUT2D eigenvalue weighted by atomic mass is 10.3. The number of carbonyl (C=O) groups excluding carboxylic acids is 2. The zero-order chi connectivity index (χ0) is 14.5. The fourth-order valence-electron chi connectivity index (χ4n) is 2.14. The molecule has 2 rings (SSSR count). The Hall–Kier alpha value is -1.02. The molecule has 20 heavy (non-hydrogen) atoms. The molecule has 6 nitrogen and oxygen atoms in total. The Kier molecular flexibility index (Phi) is 5.47. The molecule has 0 aliphatic carbocycles. The van der Waals surface area contributed by atoms with Gasteiger partial charge in [-0.3, -0.25) is 29.4 Å². The van der Waals surface area contributed by atoms with Gasteiger partial charge in [-0.25, -0.2) is 0 Å². The number of amides is 2. The van der Waals surface area contributed by atoms with Crippen LogP contribution in [0, 0.1) is 0 Å². The van der Waals surface area contributed by atoms with E-state index in [0.29, 0.717) is 39.0 Å². The number of hydrogen-bond acceptors (Lipinski definition) is 6. The molecule has 0 aromatic heterocycles. The van der Waals surface area contributed by atoms with Crippen LogP contribution in [0.15, 0.2) is 9.98 Å². The molecule has 0 aromatic rings. The van der Waals surface area contributed by atoms with Gasteiger partial charge in [0.15, 0.2) is 10.3 Å². The summed E-state index contributed by atoms with van der Waals surface area (Å²) in [6, 6.07) is 0. The SMILES string of the molecule is CSC1=NCCC(=O)N1CCN1C(=O)CCN=C1SC. The van der Waals surface area contributed by atoms with Gasteiger partial charge in [0.1, 0.15) is 0 Å². The molecule has 2 heterocycles. The van der Waals surface area contributed by atoms with Crippen LogP contribution in [0.4, 0.5) is 0 Å². The van der Waals surface area contributed by atoms with Crippen LogP contribution in [0.1, 0.15) is 12.8 Å². The van der Waals surface area contributed by atoms with E-state index < -0.39 is 0 Å². The first kappa shape index (κ1) is 15.4. The van der Waals surface area contributed by atoms with Gasteiger partial charge in [0.05, 0.1) is 13.1 Å². The molecule has 0 radical (unpaired) electrons. The van der Waals surface area contributed by atoms with E-state index in [4.69, 9.17) is 0 Å². The van der Waals surface area contributed by atoms with Crippen molar-refractivity contribution in [3.63, 3.8) is 0 Å². The van der Waals surface area contributed by atoms with Crippen LogP contribution in [0.5, 0.6) is 0 Å². The Balaban J connectivity index is 2.03. The van der Waals surface area contributed by atoms with Gasteiger partial charge in [0.25, 0.3) is 0 Å². The molecule has 0 atom stereocenters. The third-order valence-corrected chi connectivity index (χ3v) is 4.55. The van der Waals surface area contributed by atoms with Crippen molar-refractivity contribution in [2.45, 2.75) is 12.8 Å². The third-order valence-electron chi connectivity index (χ3n) is 3.12. The summed E-state index contributed by atoms with van der Waals surface area (Å²) >= 11 is 2.94. The van der Waals surface area contributed by atoms with Crippen molar-refractivity contribution in [3.05, 3.63) is 0 Å². The Morgan fingerprint density at radius 3 is 1.65 bits per heavy atom. The maximum absolute atomic E-state index is 12.0. The Labute approximate surface area is 127 Å². The van der Waals surface area contributed by atoms with Crippen LogP contribution in [0.3, 0.4) is 0 Å². The first-order valence-corrected chi connectivity index (χ1v) is 8.90. The van der Waals surface area contributed by atoms with Crippen LogP contribution >= 0.6 is 23.5 Å². The number of carbonyl (C=O) groups is 2. The third kappa shape index (κ3) is 3.35. The minimum Gasteiger partial charge on any atom is -0.290 e. The quantitative estimate of drug-likeness (QED) is 0.776. The number of hydrogen-bond donors (Lipinski definition) is 0. The first-order valence-electron chi connectivity index (χ1n) is 6.45. The zero-order valence-corrected chi connectivity index (χ0v) is 13.3. The summed E-state index contributed by atoms with van der Waals surface area (Å²) in [6.07, 6.45) is 4.71. The highest BCUT2D eigenvalue weighted by Crippen LogP contribution is 2.16. The molecular weight excluding hydrogens is 296 g/mol. The molecule has 8 heteroatoms. The Morgan fingerprint density at radius 2 is 1.30 bits per heavy atom. The fraction of sp³-hybridized carbons (Fsp3) is 0.667. The molecule has 110 valence electrons. The summed E-state index contributed by atoms with van der Waals surface area (Å²) in [6.45, 7) is 2.07. The second-order valence-electron chi connectivity index (χ2n) is 4.33. The van der Waals surface area contributed by atoms with Gasteiger partial charge in [0.2, 0.25) is 11.8 Å². The summed E-state index contributed by atoms with van der Waals surface area (Å²) in [4.78, 5) is 36.0. The average Bonchev–Trinajstić information content (AvgIpc) is 2.46. The van der Waals surface area contributed by atoms with Crippen LogP contribution in [0.2, 0.25) is 0 Å². The van der Waals surface area contributed by atoms with Gasteiger partial charge in [0, 0.05) is 25.9 Å². The van der Waals surface area contributed by atoms with Gasteiger partial charge >= 0.3 is 0 Å². The normalized spacial score (nSPS) is 20.1. The number of amidine groups is 2. The fourth-order valence-corrected chi connectivity index (χ4v) is 3.41. The van der Waals surface area contributed by atoms with Gasteiger partial charge in [-0.15, -0.1) is 0 Å². The second-order valence-corrected chi connectivity index (χ2v) is 5.87. The molecule has 2 aliphatic rings. The number of nitrogens with zero attached hydrogens (tertiary/aromatic N) is 4. The smallest absolute Gasteiger partial charge is 0.230 e. The monoisotopic (exact) mass is 314 g/mol. The molecule has 0 saturated carbocycles. The molecule has 0 spiro atoms. The predicted molar refractivity (Wildman–Crippen MR) is 84.3 cm³/mol. The topological polar surface area (TPSA) is 65.3 Å². The van der Waals surface area contributed by atoms with Crippen molar-refractivity contribution in [2.75, 3.05) is 38.7 Å². The van der Waals surface area contributed by atoms with Gasteiger partial charge in [-0.05, 0) is 12.5 Å². The lowest BCUT2D eigenvalue weighted by Gasteiger charge is -2.31. The summed E-state index contributed by atoms with van der Waals surface area (Å²) in [5.41, 5.74) is 0. The standard InChI is InChI=1S/C12H18N4O2S2/c1-19-11-13-5-3-9(17)15(11)7-8-16-10(18)4-6-14-12(16)20-2/h3-8H2,1-2H3. The molecule has 0 N–H and O–H groups in total. The molecule has 0 aromatic carbocycles. The van der Waals surface area contributed by atoms with E-state index in [1.807, 2.05) is 12.5 Å². The summed E-state index contributed by atoms with van der Waals surface area (Å²) < 4.78 is 0. The van der Waals surface area contributed by atoms with E-state index in [9.17, 15) is 9.59 Å². The van der Waals surface area contributed by atoms with Crippen molar-refractivity contribution >= 4 is 45.7 Å². The maximum atomic E-state index is 12.0. The van der Waals surface area contributed by atoms with Crippen LogP contribution in [-0.2, 0) is 9.59 Å². The minimum absolute atomic E-state index is 0.0800. The van der Waals surface area contributed by atoms with Crippen molar-refractivity contribution in [3.8, 4) is 0 Å². The highest BCUT2D eigenvalue weighted by atomic mass is 32.2. The van der Waals surface area contributed by atoms with E-state index in [1.165, 1.54) is 23.5 Å². The minimum atomic E-state index is 0.0800. The average molecular weight is 314 g/mol. The number of thioether (sulfide) groups is 2. The van der Waals surface area contributed by atoms with Crippen molar-refractivity contribution in [2.24, 2.45) is 9.98 Å². The van der Waals surface area contributed by atoms with Crippen LogP contribution in [-0.4, -0.2) is 70.6 Å². The molecule has 0 fully saturated rings. The van der Waals surface area contributed by atoms with E-state index in [1.54, 1.807) is 9.80 Å². The summed E-state index contributed by atoms with van der Waals surface area (Å²) in [5.74, 6) is 0.160. The van der Waals surface area contributed by atoms with E-state index >= 15 is 0 Å². The molecule has 2 amide bonds. The Bertz CT molecular complexity index is 422. The highest BCUT2D eigenvalue weighted by Gasteiger charge is 2.27. The molecular formula is C12H18N4O2S2. The largest absolute Gasteiger partial charge is 0.290 e. The lowest BCUT2D eigenvalue weighted by Crippen LogP contribution is -2.47. The van der Waals surface area contributed by atoms with E-state index in [0.717, 1.165) is 10.3 Å². The first-order chi connectivity index (χ1) is 9.67. The second kappa shape index (κ2) is 7.12. The van der Waals surface area contributed by atoms with Crippen LogP contribution in [0.25, 0.3) is 0 Å². The maximum Gasteiger partial charge on any atom is 0.230 e. The zero-order valence-electron chi connectivity index (χ0n) is 11.7. The summed E-state index contributed by atoms with van der Waals surface area (Å²) in [5, 5.41) is 1.49. The predicted octanol–water partition coefficient (Wildman–Crippen LogP) is 0.889. The van der Waals surface area contributed by atoms with E-state index in [-0.39, 0.29) is 11.8 Å². The number of aliphatic imine (C=N–C) groups is 2. The molecule has 0 unspecified atom stereocenters. The highest BCUT2D eigenvalue weighted by molar-refractivity contribution is 8.13. The van der Waals surface area contributed by atoms with Gasteiger partial charge in [-0.1, -0.05) is 23.5 Å². The van der Waals surface area contributed by atoms with E-state index in [2.05, 4.69) is 9.98 Å². The molecule has 2 aliphatic heterocycles. The number of rotatable bonds is 3. The van der Waals surface area contributed by atoms with Crippen LogP contribution < -0.4 is 0 Å². The van der Waals surface area contributed by atoms with Crippen molar-refractivity contribution in [1.29, 1.82) is 0 Å². The lowest BCUT2D eigenvalue weighted by molar-refractivity contribution is -0.130. The van der Waals surface area contributed by atoms with Crippen molar-refractivity contribution in [1.82, 2.24) is 9.80 Å². The summed E-state index contributed by atoms with van der Waals surface area (Å²) in [7, 11) is 0. The van der Waals surface area contributed by atoms with Gasteiger partial charge in [-0.2, -0.15) is 0 Å². The Morgan fingerprint density at radius 1 is 0.900 bits per heavy atom. The van der Waals surface area contributed by atoms with Gasteiger partial charge < -0.3 is 0 Å². The molecule has 0 bridgehead atoms.